The normalized spacial score (nSPS) is 21.0. The van der Waals surface area contributed by atoms with Crippen molar-refractivity contribution in [2.45, 2.75) is 44.1 Å². The van der Waals surface area contributed by atoms with E-state index in [0.717, 1.165) is 24.0 Å². The van der Waals surface area contributed by atoms with E-state index in [1.54, 1.807) is 14.2 Å². The van der Waals surface area contributed by atoms with Gasteiger partial charge in [0, 0.05) is 23.7 Å². The average Bonchev–Trinajstić information content (AvgIpc) is 3.06. The number of nitrogens with zero attached hydrogens (tertiary/aromatic N) is 1. The Hall–Kier alpha value is -1.62. The van der Waals surface area contributed by atoms with Crippen molar-refractivity contribution in [2.75, 3.05) is 39.2 Å². The predicted octanol–water partition coefficient (Wildman–Crippen LogP) is 5.71. The van der Waals surface area contributed by atoms with Gasteiger partial charge in [-0.2, -0.15) is 0 Å². The van der Waals surface area contributed by atoms with Gasteiger partial charge in [-0.25, -0.2) is 0 Å². The van der Waals surface area contributed by atoms with Crippen LogP contribution in [0.1, 0.15) is 49.1 Å². The van der Waals surface area contributed by atoms with Gasteiger partial charge in [0.2, 0.25) is 0 Å². The lowest BCUT2D eigenvalue weighted by Crippen LogP contribution is -2.35. The van der Waals surface area contributed by atoms with Crippen molar-refractivity contribution in [3.05, 3.63) is 53.6 Å². The van der Waals surface area contributed by atoms with Crippen LogP contribution in [-0.4, -0.2) is 44.8 Å². The second-order valence-electron chi connectivity index (χ2n) is 8.15. The number of hydrogen-bond donors (Lipinski definition) is 1. The van der Waals surface area contributed by atoms with Gasteiger partial charge in [-0.15, -0.1) is 24.8 Å². The number of anilines is 1. The van der Waals surface area contributed by atoms with E-state index >= 15 is 0 Å². The number of piperidine rings is 1. The van der Waals surface area contributed by atoms with Crippen LogP contribution in [-0.2, 0) is 0 Å². The summed E-state index contributed by atoms with van der Waals surface area (Å²) < 4.78 is 11.0. The molecule has 0 saturated carbocycles. The van der Waals surface area contributed by atoms with E-state index in [2.05, 4.69) is 59.6 Å². The molecule has 1 fully saturated rings. The number of ether oxygens (including phenoxy) is 2. The van der Waals surface area contributed by atoms with Crippen LogP contribution in [0.25, 0.3) is 0 Å². The molecule has 1 N–H and O–H groups in total. The minimum absolute atomic E-state index is 0. The van der Waals surface area contributed by atoms with Crippen LogP contribution < -0.4 is 14.8 Å². The zero-order valence-electron chi connectivity index (χ0n) is 18.1. The molecule has 4 rings (SSSR count). The molecule has 0 bridgehead atoms. The molecule has 2 aromatic carbocycles. The molecule has 6 heteroatoms. The van der Waals surface area contributed by atoms with E-state index in [9.17, 15) is 0 Å². The number of halogens is 2. The van der Waals surface area contributed by atoms with Crippen molar-refractivity contribution in [3.8, 4) is 11.5 Å². The average molecular weight is 453 g/mol. The molecule has 2 aliphatic rings. The summed E-state index contributed by atoms with van der Waals surface area (Å²) in [6.07, 6.45) is 3.71. The summed E-state index contributed by atoms with van der Waals surface area (Å²) in [7, 11) is 3.40. The van der Waals surface area contributed by atoms with Crippen molar-refractivity contribution >= 4 is 30.5 Å². The van der Waals surface area contributed by atoms with Crippen molar-refractivity contribution in [3.63, 3.8) is 0 Å². The van der Waals surface area contributed by atoms with Crippen LogP contribution in [0.2, 0.25) is 0 Å². The van der Waals surface area contributed by atoms with Crippen LogP contribution in [0.15, 0.2) is 42.5 Å². The molecular weight excluding hydrogens is 419 g/mol. The lowest BCUT2D eigenvalue weighted by molar-refractivity contribution is 0.204. The SMILES string of the molecule is COc1cc2c(cc1OC)[C@@H](CCN1CCC(c3ccccc3)CC1)[C@@H](C)N2.Cl.Cl. The molecule has 166 valence electrons. The number of fused-ring (bicyclic) bond motifs is 1. The molecule has 1 saturated heterocycles. The first kappa shape index (κ1) is 24.6. The molecule has 0 spiro atoms. The fourth-order valence-corrected chi connectivity index (χ4v) is 4.88. The highest BCUT2D eigenvalue weighted by Gasteiger charge is 2.31. The summed E-state index contributed by atoms with van der Waals surface area (Å²) in [5, 5.41) is 3.64. The number of benzene rings is 2. The second-order valence-corrected chi connectivity index (χ2v) is 8.15. The zero-order chi connectivity index (χ0) is 19.5. The lowest BCUT2D eigenvalue weighted by Gasteiger charge is -2.33. The van der Waals surface area contributed by atoms with Crippen molar-refractivity contribution in [1.29, 1.82) is 0 Å². The molecule has 2 atom stereocenters. The summed E-state index contributed by atoms with van der Waals surface area (Å²) >= 11 is 0. The van der Waals surface area contributed by atoms with Crippen LogP contribution in [0, 0.1) is 0 Å². The number of likely N-dealkylation sites (tertiary alicyclic amines) is 1. The summed E-state index contributed by atoms with van der Waals surface area (Å²) in [5.41, 5.74) is 4.06. The Morgan fingerprint density at radius 1 is 0.967 bits per heavy atom. The maximum absolute atomic E-state index is 5.53. The largest absolute Gasteiger partial charge is 0.493 e. The van der Waals surface area contributed by atoms with Gasteiger partial charge in [-0.05, 0) is 68.9 Å². The Morgan fingerprint density at radius 3 is 2.23 bits per heavy atom. The molecule has 0 radical (unpaired) electrons. The highest BCUT2D eigenvalue weighted by Crippen LogP contribution is 2.44. The Kier molecular flexibility index (Phi) is 9.14. The van der Waals surface area contributed by atoms with Gasteiger partial charge < -0.3 is 19.7 Å². The standard InChI is InChI=1S/C24H32N2O2.2ClH/c1-17-20(21-15-23(27-2)24(28-3)16-22(21)25-17)11-14-26-12-9-19(10-13-26)18-7-5-4-6-8-18;;/h4-8,15-17,19-20,25H,9-14H2,1-3H3;2*1H/t17-,20+;;/m1../s1. The van der Waals surface area contributed by atoms with Crippen molar-refractivity contribution in [2.24, 2.45) is 0 Å². The molecule has 0 aromatic heterocycles. The molecule has 30 heavy (non-hydrogen) atoms. The quantitative estimate of drug-likeness (QED) is 0.607. The first-order chi connectivity index (χ1) is 13.7. The molecule has 0 unspecified atom stereocenters. The van der Waals surface area contributed by atoms with Gasteiger partial charge in [0.15, 0.2) is 11.5 Å². The summed E-state index contributed by atoms with van der Waals surface area (Å²) in [4.78, 5) is 2.64. The maximum atomic E-state index is 5.53. The fourth-order valence-electron chi connectivity index (χ4n) is 4.88. The Labute approximate surface area is 193 Å². The third-order valence-corrected chi connectivity index (χ3v) is 6.56. The highest BCUT2D eigenvalue weighted by atomic mass is 35.5. The van der Waals surface area contributed by atoms with E-state index in [-0.39, 0.29) is 24.8 Å². The fraction of sp³-hybridized carbons (Fsp3) is 0.500. The number of nitrogens with one attached hydrogen (secondary N) is 1. The molecule has 4 nitrogen and oxygen atoms in total. The third kappa shape index (κ3) is 5.16. The molecule has 2 aliphatic heterocycles. The minimum atomic E-state index is 0. The van der Waals surface area contributed by atoms with Gasteiger partial charge in [0.25, 0.3) is 0 Å². The molecule has 0 amide bonds. The van der Waals surface area contributed by atoms with Crippen LogP contribution in [0.5, 0.6) is 11.5 Å². The van der Waals surface area contributed by atoms with E-state index in [0.29, 0.717) is 12.0 Å². The van der Waals surface area contributed by atoms with E-state index < -0.39 is 0 Å². The summed E-state index contributed by atoms with van der Waals surface area (Å²) in [6, 6.07) is 15.7. The van der Waals surface area contributed by atoms with Gasteiger partial charge in [0.1, 0.15) is 0 Å². The first-order valence-corrected chi connectivity index (χ1v) is 10.5. The number of hydrogen-bond acceptors (Lipinski definition) is 4. The van der Waals surface area contributed by atoms with Gasteiger partial charge in [0.05, 0.1) is 14.2 Å². The van der Waals surface area contributed by atoms with E-state index in [4.69, 9.17) is 9.47 Å². The lowest BCUT2D eigenvalue weighted by atomic mass is 9.88. The van der Waals surface area contributed by atoms with Crippen molar-refractivity contribution in [1.82, 2.24) is 4.90 Å². The van der Waals surface area contributed by atoms with E-state index in [1.807, 2.05) is 0 Å². The highest BCUT2D eigenvalue weighted by molar-refractivity contribution is 5.85. The monoisotopic (exact) mass is 452 g/mol. The smallest absolute Gasteiger partial charge is 0.162 e. The van der Waals surface area contributed by atoms with Crippen LogP contribution >= 0.6 is 24.8 Å². The van der Waals surface area contributed by atoms with Gasteiger partial charge in [-0.3, -0.25) is 0 Å². The Morgan fingerprint density at radius 2 is 1.60 bits per heavy atom. The summed E-state index contributed by atoms with van der Waals surface area (Å²) in [6.45, 7) is 5.84. The summed E-state index contributed by atoms with van der Waals surface area (Å²) in [5.74, 6) is 2.86. The topological polar surface area (TPSA) is 33.7 Å². The second kappa shape index (κ2) is 11.1. The van der Waals surface area contributed by atoms with Gasteiger partial charge >= 0.3 is 0 Å². The molecular formula is C24H34Cl2N2O2. The van der Waals surface area contributed by atoms with Crippen LogP contribution in [0.3, 0.4) is 0 Å². The zero-order valence-corrected chi connectivity index (χ0v) is 19.7. The van der Waals surface area contributed by atoms with Gasteiger partial charge in [-0.1, -0.05) is 30.3 Å². The Balaban J connectivity index is 0.00000160. The molecule has 2 aromatic rings. The maximum Gasteiger partial charge on any atom is 0.162 e. The number of methoxy groups -OCH3 is 2. The molecule has 2 heterocycles. The third-order valence-electron chi connectivity index (χ3n) is 6.56. The Bertz CT molecular complexity index is 795. The van der Waals surface area contributed by atoms with Crippen LogP contribution in [0.4, 0.5) is 5.69 Å². The first-order valence-electron chi connectivity index (χ1n) is 10.5. The molecule has 0 aliphatic carbocycles. The van der Waals surface area contributed by atoms with E-state index in [1.165, 1.54) is 49.2 Å². The van der Waals surface area contributed by atoms with Crippen molar-refractivity contribution < 1.29 is 9.47 Å². The minimum Gasteiger partial charge on any atom is -0.493 e. The predicted molar refractivity (Wildman–Crippen MR) is 129 cm³/mol. The number of rotatable bonds is 6.